The molecule has 1 atom stereocenters. The zero-order valence-electron chi connectivity index (χ0n) is 10.9. The summed E-state index contributed by atoms with van der Waals surface area (Å²) in [5, 5.41) is 12.8. The lowest BCUT2D eigenvalue weighted by Gasteiger charge is -2.15. The van der Waals surface area contributed by atoms with Gasteiger partial charge in [0.15, 0.2) is 0 Å². The lowest BCUT2D eigenvalue weighted by Crippen LogP contribution is -2.13. The second kappa shape index (κ2) is 6.37. The normalized spacial score (nSPS) is 13.0. The van der Waals surface area contributed by atoms with E-state index in [4.69, 9.17) is 11.6 Å². The average molecular weight is 316 g/mol. The molecule has 0 heterocycles. The molecule has 2 aromatic carbocycles. The van der Waals surface area contributed by atoms with E-state index < -0.39 is 17.8 Å². The summed E-state index contributed by atoms with van der Waals surface area (Å²) in [7, 11) is 0. The highest BCUT2D eigenvalue weighted by atomic mass is 35.5. The Balaban J connectivity index is 2.04. The van der Waals surface area contributed by atoms with Crippen molar-refractivity contribution < 1.29 is 18.3 Å². The molecule has 0 aliphatic carbocycles. The fourth-order valence-electron chi connectivity index (χ4n) is 1.83. The number of rotatable bonds is 4. The van der Waals surface area contributed by atoms with Crippen molar-refractivity contribution in [2.24, 2.45) is 0 Å². The van der Waals surface area contributed by atoms with E-state index in [-0.39, 0.29) is 11.6 Å². The van der Waals surface area contributed by atoms with Gasteiger partial charge in [-0.25, -0.2) is 0 Å². The monoisotopic (exact) mass is 315 g/mol. The fourth-order valence-corrected chi connectivity index (χ4v) is 2.08. The van der Waals surface area contributed by atoms with Crippen LogP contribution in [0.3, 0.4) is 0 Å². The Morgan fingerprint density at radius 3 is 2.33 bits per heavy atom. The topological polar surface area (TPSA) is 32.3 Å². The maximum absolute atomic E-state index is 12.5. The number of anilines is 1. The molecular formula is C15H13ClF3NO. The van der Waals surface area contributed by atoms with Gasteiger partial charge in [-0.15, -0.1) is 0 Å². The molecule has 2 rings (SSSR count). The molecule has 0 aliphatic heterocycles. The lowest BCUT2D eigenvalue weighted by molar-refractivity contribution is -0.137. The molecule has 2 nitrogen and oxygen atoms in total. The van der Waals surface area contributed by atoms with Crippen LogP contribution in [0.1, 0.15) is 17.2 Å². The highest BCUT2D eigenvalue weighted by molar-refractivity contribution is 6.33. The van der Waals surface area contributed by atoms with E-state index in [2.05, 4.69) is 5.32 Å². The van der Waals surface area contributed by atoms with E-state index in [1.165, 1.54) is 6.07 Å². The Morgan fingerprint density at radius 2 is 1.76 bits per heavy atom. The minimum atomic E-state index is -4.42. The summed E-state index contributed by atoms with van der Waals surface area (Å²) in [6, 6.07) is 12.0. The Hall–Kier alpha value is -1.72. The van der Waals surface area contributed by atoms with Crippen LogP contribution < -0.4 is 5.32 Å². The van der Waals surface area contributed by atoms with Crippen LogP contribution in [0.5, 0.6) is 0 Å². The summed E-state index contributed by atoms with van der Waals surface area (Å²) in [6.45, 7) is 0.148. The molecule has 21 heavy (non-hydrogen) atoms. The second-order valence-corrected chi connectivity index (χ2v) is 4.91. The van der Waals surface area contributed by atoms with Crippen LogP contribution in [0, 0.1) is 0 Å². The van der Waals surface area contributed by atoms with Gasteiger partial charge in [-0.1, -0.05) is 41.9 Å². The summed E-state index contributed by atoms with van der Waals surface area (Å²) in [5.41, 5.74) is 0.259. The van der Waals surface area contributed by atoms with Crippen LogP contribution in [0.15, 0.2) is 48.5 Å². The van der Waals surface area contributed by atoms with Gasteiger partial charge in [-0.05, 0) is 23.8 Å². The van der Waals surface area contributed by atoms with Gasteiger partial charge in [0.1, 0.15) is 0 Å². The van der Waals surface area contributed by atoms with Gasteiger partial charge in [-0.2, -0.15) is 13.2 Å². The van der Waals surface area contributed by atoms with Gasteiger partial charge < -0.3 is 10.4 Å². The van der Waals surface area contributed by atoms with Crippen molar-refractivity contribution in [3.05, 3.63) is 64.7 Å². The van der Waals surface area contributed by atoms with Crippen molar-refractivity contribution in [3.8, 4) is 0 Å². The molecule has 0 aliphatic rings. The summed E-state index contributed by atoms with van der Waals surface area (Å²) in [5.74, 6) is 0. The van der Waals surface area contributed by atoms with Crippen molar-refractivity contribution >= 4 is 17.3 Å². The molecule has 2 N–H and O–H groups in total. The number of nitrogens with one attached hydrogen (secondary N) is 1. The van der Waals surface area contributed by atoms with Crippen LogP contribution in [0.2, 0.25) is 5.02 Å². The Labute approximate surface area is 125 Å². The molecule has 2 aromatic rings. The molecular weight excluding hydrogens is 303 g/mol. The molecule has 6 heteroatoms. The molecule has 0 aromatic heterocycles. The third kappa shape index (κ3) is 4.12. The standard InChI is InChI=1S/C15H13ClF3NO/c16-12-8-11(15(17,18)19)6-7-13(12)20-9-14(21)10-4-2-1-3-5-10/h1-8,14,20-21H,9H2. The number of benzene rings is 2. The second-order valence-electron chi connectivity index (χ2n) is 4.50. The first kappa shape index (κ1) is 15.7. The van der Waals surface area contributed by atoms with E-state index >= 15 is 0 Å². The van der Waals surface area contributed by atoms with Gasteiger partial charge in [0, 0.05) is 6.54 Å². The lowest BCUT2D eigenvalue weighted by atomic mass is 10.1. The SMILES string of the molecule is OC(CNc1ccc(C(F)(F)F)cc1Cl)c1ccccc1. The third-order valence-electron chi connectivity index (χ3n) is 2.97. The highest BCUT2D eigenvalue weighted by Gasteiger charge is 2.30. The van der Waals surface area contributed by atoms with Crippen LogP contribution in [0.25, 0.3) is 0 Å². The predicted octanol–water partition coefficient (Wildman–Crippen LogP) is 4.50. The maximum Gasteiger partial charge on any atom is 0.416 e. The number of alkyl halides is 3. The van der Waals surface area contributed by atoms with E-state index in [9.17, 15) is 18.3 Å². The molecule has 0 saturated carbocycles. The molecule has 0 radical (unpaired) electrons. The largest absolute Gasteiger partial charge is 0.416 e. The molecule has 0 amide bonds. The summed E-state index contributed by atoms with van der Waals surface area (Å²) in [4.78, 5) is 0. The van der Waals surface area contributed by atoms with Gasteiger partial charge in [-0.3, -0.25) is 0 Å². The van der Waals surface area contributed by atoms with Gasteiger partial charge in [0.05, 0.1) is 22.4 Å². The molecule has 0 bridgehead atoms. The van der Waals surface area contributed by atoms with Crippen molar-refractivity contribution in [2.75, 3.05) is 11.9 Å². The maximum atomic E-state index is 12.5. The fraction of sp³-hybridized carbons (Fsp3) is 0.200. The van der Waals surface area contributed by atoms with Gasteiger partial charge in [0.25, 0.3) is 0 Å². The Kier molecular flexibility index (Phi) is 4.75. The number of aliphatic hydroxyl groups excluding tert-OH is 1. The Bertz CT molecular complexity index is 602. The highest BCUT2D eigenvalue weighted by Crippen LogP contribution is 2.33. The van der Waals surface area contributed by atoms with E-state index in [0.717, 1.165) is 12.1 Å². The van der Waals surface area contributed by atoms with Gasteiger partial charge >= 0.3 is 6.18 Å². The summed E-state index contributed by atoms with van der Waals surface area (Å²) < 4.78 is 37.5. The van der Waals surface area contributed by atoms with Crippen molar-refractivity contribution in [3.63, 3.8) is 0 Å². The van der Waals surface area contributed by atoms with Crippen molar-refractivity contribution in [2.45, 2.75) is 12.3 Å². The van der Waals surface area contributed by atoms with Crippen LogP contribution in [0.4, 0.5) is 18.9 Å². The number of halogens is 4. The number of aliphatic hydroxyl groups is 1. The van der Waals surface area contributed by atoms with E-state index in [1.807, 2.05) is 6.07 Å². The zero-order chi connectivity index (χ0) is 15.5. The first-order valence-electron chi connectivity index (χ1n) is 6.21. The van der Waals surface area contributed by atoms with E-state index in [0.29, 0.717) is 11.3 Å². The van der Waals surface area contributed by atoms with Crippen LogP contribution in [-0.4, -0.2) is 11.7 Å². The number of hydrogen-bond acceptors (Lipinski definition) is 2. The first-order chi connectivity index (χ1) is 9.88. The van der Waals surface area contributed by atoms with E-state index in [1.54, 1.807) is 24.3 Å². The minimum absolute atomic E-state index is 0.0370. The number of hydrogen-bond donors (Lipinski definition) is 2. The van der Waals surface area contributed by atoms with Crippen LogP contribution in [-0.2, 0) is 6.18 Å². The molecule has 0 fully saturated rings. The minimum Gasteiger partial charge on any atom is -0.387 e. The summed E-state index contributed by atoms with van der Waals surface area (Å²) >= 11 is 5.82. The van der Waals surface area contributed by atoms with Gasteiger partial charge in [0.2, 0.25) is 0 Å². The average Bonchev–Trinajstić information content (AvgIpc) is 2.45. The molecule has 0 saturated heterocycles. The van der Waals surface area contributed by atoms with Crippen molar-refractivity contribution in [1.82, 2.24) is 0 Å². The third-order valence-corrected chi connectivity index (χ3v) is 3.28. The Morgan fingerprint density at radius 1 is 1.10 bits per heavy atom. The molecule has 1 unspecified atom stereocenters. The predicted molar refractivity (Wildman–Crippen MR) is 76.3 cm³/mol. The molecule has 112 valence electrons. The first-order valence-corrected chi connectivity index (χ1v) is 6.59. The smallest absolute Gasteiger partial charge is 0.387 e. The van der Waals surface area contributed by atoms with Crippen molar-refractivity contribution in [1.29, 1.82) is 0 Å². The quantitative estimate of drug-likeness (QED) is 0.870. The summed E-state index contributed by atoms with van der Waals surface area (Å²) in [6.07, 6.45) is -5.20. The van der Waals surface area contributed by atoms with Crippen LogP contribution >= 0.6 is 11.6 Å². The molecule has 0 spiro atoms. The zero-order valence-corrected chi connectivity index (χ0v) is 11.6.